The van der Waals surface area contributed by atoms with E-state index in [1.54, 1.807) is 24.2 Å². The summed E-state index contributed by atoms with van der Waals surface area (Å²) >= 11 is 1.68. The molecule has 0 spiro atoms. The first-order valence-corrected chi connectivity index (χ1v) is 8.28. The van der Waals surface area contributed by atoms with Gasteiger partial charge in [-0.05, 0) is 32.4 Å². The molecule has 0 amide bonds. The Balaban J connectivity index is 1.57. The van der Waals surface area contributed by atoms with E-state index in [1.165, 1.54) is 0 Å². The third kappa shape index (κ3) is 3.48. The molecule has 2 aromatic heterocycles. The van der Waals surface area contributed by atoms with Crippen LogP contribution in [-0.4, -0.2) is 44.0 Å². The normalized spacial score (nSPS) is 20.4. The van der Waals surface area contributed by atoms with Gasteiger partial charge >= 0.3 is 0 Å². The van der Waals surface area contributed by atoms with E-state index in [0.29, 0.717) is 6.61 Å². The van der Waals surface area contributed by atoms with Crippen molar-refractivity contribution >= 4 is 11.8 Å². The smallest absolute Gasteiger partial charge is 0.191 e. The lowest BCUT2D eigenvalue weighted by molar-refractivity contribution is -0.138. The first-order chi connectivity index (χ1) is 10.6. The molecule has 1 aliphatic heterocycles. The molecule has 2 aromatic rings. The summed E-state index contributed by atoms with van der Waals surface area (Å²) in [5, 5.41) is 9.42. The molecule has 1 atom stereocenters. The fraction of sp³-hybridized carbons (Fsp3) is 0.533. The molecule has 0 radical (unpaired) electrons. The van der Waals surface area contributed by atoms with E-state index in [0.717, 1.165) is 28.7 Å². The lowest BCUT2D eigenvalue weighted by Gasteiger charge is -2.16. The van der Waals surface area contributed by atoms with Gasteiger partial charge in [-0.2, -0.15) is 0 Å². The summed E-state index contributed by atoms with van der Waals surface area (Å²) in [4.78, 5) is 4.12. The van der Waals surface area contributed by atoms with Crippen LogP contribution in [0.2, 0.25) is 0 Å². The highest BCUT2D eigenvalue weighted by Gasteiger charge is 2.32. The van der Waals surface area contributed by atoms with Crippen LogP contribution in [0.4, 0.5) is 0 Å². The predicted octanol–water partition coefficient (Wildman–Crippen LogP) is 2.51. The van der Waals surface area contributed by atoms with Crippen molar-refractivity contribution in [3.8, 4) is 11.4 Å². The fourth-order valence-corrected chi connectivity index (χ4v) is 3.32. The van der Waals surface area contributed by atoms with Crippen molar-refractivity contribution in [1.29, 1.82) is 0 Å². The highest BCUT2D eigenvalue weighted by molar-refractivity contribution is 7.99. The van der Waals surface area contributed by atoms with E-state index in [4.69, 9.17) is 9.47 Å². The summed E-state index contributed by atoms with van der Waals surface area (Å²) in [6.45, 7) is 4.55. The minimum Gasteiger partial charge on any atom is -0.348 e. The van der Waals surface area contributed by atoms with E-state index < -0.39 is 5.79 Å². The van der Waals surface area contributed by atoms with E-state index >= 15 is 0 Å². The molecule has 0 unspecified atom stereocenters. The van der Waals surface area contributed by atoms with E-state index in [1.807, 2.05) is 37.6 Å². The van der Waals surface area contributed by atoms with Crippen molar-refractivity contribution < 1.29 is 9.47 Å². The van der Waals surface area contributed by atoms with Gasteiger partial charge in [0.25, 0.3) is 0 Å². The molecule has 0 aliphatic carbocycles. The Morgan fingerprint density at radius 1 is 1.41 bits per heavy atom. The predicted molar refractivity (Wildman–Crippen MR) is 84.5 cm³/mol. The summed E-state index contributed by atoms with van der Waals surface area (Å²) in [5.74, 6) is 1.30. The van der Waals surface area contributed by atoms with Crippen LogP contribution in [0, 0.1) is 0 Å². The lowest BCUT2D eigenvalue weighted by Crippen LogP contribution is -2.21. The molecule has 6 nitrogen and oxygen atoms in total. The number of ether oxygens (including phenoxy) is 2. The van der Waals surface area contributed by atoms with Crippen molar-refractivity contribution in [2.75, 3.05) is 12.4 Å². The number of hydrogen-bond donors (Lipinski definition) is 0. The minimum absolute atomic E-state index is 0.161. The summed E-state index contributed by atoms with van der Waals surface area (Å²) in [6, 6.07) is 3.88. The van der Waals surface area contributed by atoms with Gasteiger partial charge in [0.05, 0.1) is 12.7 Å². The zero-order valence-corrected chi connectivity index (χ0v) is 13.8. The maximum atomic E-state index is 5.80. The first kappa shape index (κ1) is 15.5. The van der Waals surface area contributed by atoms with Crippen LogP contribution in [0.3, 0.4) is 0 Å². The van der Waals surface area contributed by atoms with E-state index in [-0.39, 0.29) is 6.10 Å². The second kappa shape index (κ2) is 6.36. The highest BCUT2D eigenvalue weighted by Crippen LogP contribution is 2.27. The third-order valence-electron chi connectivity index (χ3n) is 3.49. The molecule has 22 heavy (non-hydrogen) atoms. The number of hydrogen-bond acceptors (Lipinski definition) is 6. The first-order valence-electron chi connectivity index (χ1n) is 7.29. The van der Waals surface area contributed by atoms with E-state index in [9.17, 15) is 0 Å². The van der Waals surface area contributed by atoms with Gasteiger partial charge in [0.15, 0.2) is 16.8 Å². The topological polar surface area (TPSA) is 62.1 Å². The van der Waals surface area contributed by atoms with Crippen LogP contribution in [0.1, 0.15) is 20.3 Å². The molecule has 0 bridgehead atoms. The zero-order valence-electron chi connectivity index (χ0n) is 13.0. The molecule has 118 valence electrons. The highest BCUT2D eigenvalue weighted by atomic mass is 32.2. The number of thioether (sulfide) groups is 1. The zero-order chi connectivity index (χ0) is 15.6. The SMILES string of the molecule is Cn1c(SCC[C@@H]2COC(C)(C)O2)nnc1-c1cccnc1. The number of aromatic nitrogens is 4. The van der Waals surface area contributed by atoms with Gasteiger partial charge in [0, 0.05) is 30.8 Å². The number of nitrogens with zero attached hydrogens (tertiary/aromatic N) is 4. The Morgan fingerprint density at radius 3 is 2.95 bits per heavy atom. The monoisotopic (exact) mass is 320 g/mol. The van der Waals surface area contributed by atoms with Gasteiger partial charge in [-0.25, -0.2) is 0 Å². The van der Waals surface area contributed by atoms with Crippen LogP contribution in [0.5, 0.6) is 0 Å². The van der Waals surface area contributed by atoms with E-state index in [2.05, 4.69) is 15.2 Å². The van der Waals surface area contributed by atoms with Gasteiger partial charge in [-0.15, -0.1) is 10.2 Å². The van der Waals surface area contributed by atoms with Gasteiger partial charge in [-0.1, -0.05) is 11.8 Å². The Hall–Kier alpha value is -1.44. The second-order valence-corrected chi connectivity index (χ2v) is 6.76. The largest absolute Gasteiger partial charge is 0.348 e. The molecular formula is C15H20N4O2S. The molecule has 7 heteroatoms. The maximum absolute atomic E-state index is 5.80. The molecular weight excluding hydrogens is 300 g/mol. The Bertz CT molecular complexity index is 630. The van der Waals surface area contributed by atoms with Crippen molar-refractivity contribution in [2.24, 2.45) is 7.05 Å². The van der Waals surface area contributed by atoms with Crippen LogP contribution < -0.4 is 0 Å². The minimum atomic E-state index is -0.451. The molecule has 3 rings (SSSR count). The van der Waals surface area contributed by atoms with Crippen molar-refractivity contribution in [1.82, 2.24) is 19.7 Å². The van der Waals surface area contributed by atoms with Crippen LogP contribution >= 0.6 is 11.8 Å². The molecule has 0 aromatic carbocycles. The molecule has 0 N–H and O–H groups in total. The second-order valence-electron chi connectivity index (χ2n) is 5.69. The summed E-state index contributed by atoms with van der Waals surface area (Å²) < 4.78 is 13.4. The molecule has 0 saturated carbocycles. The Labute approximate surface area is 134 Å². The quantitative estimate of drug-likeness (QED) is 0.789. The van der Waals surface area contributed by atoms with Crippen LogP contribution in [-0.2, 0) is 16.5 Å². The molecule has 1 aliphatic rings. The average molecular weight is 320 g/mol. The summed E-state index contributed by atoms with van der Waals surface area (Å²) in [5.41, 5.74) is 0.971. The van der Waals surface area contributed by atoms with Gasteiger partial charge in [0.1, 0.15) is 0 Å². The number of pyridine rings is 1. The van der Waals surface area contributed by atoms with Crippen LogP contribution in [0.15, 0.2) is 29.7 Å². The number of rotatable bonds is 5. The Kier molecular flexibility index (Phi) is 4.46. The fourth-order valence-electron chi connectivity index (χ4n) is 2.37. The average Bonchev–Trinajstić information content (AvgIpc) is 3.03. The van der Waals surface area contributed by atoms with Gasteiger partial charge < -0.3 is 14.0 Å². The van der Waals surface area contributed by atoms with Crippen LogP contribution in [0.25, 0.3) is 11.4 Å². The lowest BCUT2D eigenvalue weighted by atomic mass is 10.3. The van der Waals surface area contributed by atoms with Crippen molar-refractivity contribution in [3.05, 3.63) is 24.5 Å². The molecule has 1 saturated heterocycles. The molecule has 3 heterocycles. The standard InChI is InChI=1S/C15H20N4O2S/c1-15(2)20-10-12(21-15)6-8-22-14-18-17-13(19(14)3)11-5-4-7-16-9-11/h4-5,7,9,12H,6,8,10H2,1-3H3/t12-/m1/s1. The summed E-state index contributed by atoms with van der Waals surface area (Å²) in [6.07, 6.45) is 4.64. The van der Waals surface area contributed by atoms with Crippen molar-refractivity contribution in [2.45, 2.75) is 37.3 Å². The van der Waals surface area contributed by atoms with Crippen molar-refractivity contribution in [3.63, 3.8) is 0 Å². The Morgan fingerprint density at radius 2 is 2.27 bits per heavy atom. The third-order valence-corrected chi connectivity index (χ3v) is 4.55. The molecule has 1 fully saturated rings. The van der Waals surface area contributed by atoms with Gasteiger partial charge in [0.2, 0.25) is 0 Å². The maximum Gasteiger partial charge on any atom is 0.191 e. The summed E-state index contributed by atoms with van der Waals surface area (Å²) in [7, 11) is 1.98. The van der Waals surface area contributed by atoms with Gasteiger partial charge in [-0.3, -0.25) is 4.98 Å².